The van der Waals surface area contributed by atoms with Crippen molar-refractivity contribution >= 4 is 22.8 Å². The number of nitro groups is 1. The maximum atomic E-state index is 11.3. The molecule has 0 aliphatic heterocycles. The molecule has 0 aliphatic carbocycles. The van der Waals surface area contributed by atoms with Gasteiger partial charge in [0, 0.05) is 22.7 Å². The van der Waals surface area contributed by atoms with Gasteiger partial charge in [0.05, 0.1) is 11.5 Å². The summed E-state index contributed by atoms with van der Waals surface area (Å²) in [4.78, 5) is 13.5. The topological polar surface area (TPSA) is 73.0 Å². The molecule has 114 valence electrons. The molecule has 0 radical (unpaired) electrons. The van der Waals surface area contributed by atoms with E-state index in [1.165, 1.54) is 4.88 Å². The molecule has 2 rings (SSSR count). The van der Waals surface area contributed by atoms with E-state index in [1.54, 1.807) is 23.1 Å². The molecule has 0 atom stereocenters. The Bertz CT molecular complexity index is 645. The molecule has 0 fully saturated rings. The second-order valence-electron chi connectivity index (χ2n) is 5.19. The minimum Gasteiger partial charge on any atom is -0.360 e. The molecule has 0 saturated carbocycles. The monoisotopic (exact) mass is 308 g/mol. The Morgan fingerprint density at radius 2 is 2.10 bits per heavy atom. The van der Waals surface area contributed by atoms with Gasteiger partial charge in [0.15, 0.2) is 0 Å². The second-order valence-corrected chi connectivity index (χ2v) is 6.45. The number of rotatable bonds is 6. The van der Waals surface area contributed by atoms with Crippen LogP contribution in [-0.2, 0) is 20.0 Å². The highest BCUT2D eigenvalue weighted by Gasteiger charge is 2.28. The van der Waals surface area contributed by atoms with E-state index in [1.807, 2.05) is 13.8 Å². The molecule has 0 amide bonds. The summed E-state index contributed by atoms with van der Waals surface area (Å²) in [6.07, 6.45) is 1.01. The van der Waals surface area contributed by atoms with Gasteiger partial charge in [0.1, 0.15) is 5.69 Å². The lowest BCUT2D eigenvalue weighted by molar-refractivity contribution is -0.384. The fourth-order valence-electron chi connectivity index (χ4n) is 2.18. The first-order chi connectivity index (χ1) is 9.93. The third kappa shape index (κ3) is 3.24. The first kappa shape index (κ1) is 15.5. The summed E-state index contributed by atoms with van der Waals surface area (Å²) in [7, 11) is 1.73. The zero-order valence-corrected chi connectivity index (χ0v) is 13.5. The molecule has 2 aromatic heterocycles. The lowest BCUT2D eigenvalue weighted by atomic mass is 10.1. The van der Waals surface area contributed by atoms with Gasteiger partial charge in [-0.25, -0.2) is 4.68 Å². The third-order valence-corrected chi connectivity index (χ3v) is 4.50. The van der Waals surface area contributed by atoms with E-state index < -0.39 is 0 Å². The van der Waals surface area contributed by atoms with Crippen LogP contribution in [0, 0.1) is 10.1 Å². The number of hydrogen-bond acceptors (Lipinski definition) is 5. The Kier molecular flexibility index (Phi) is 4.62. The fourth-order valence-corrected chi connectivity index (χ4v) is 3.08. The number of aromatic nitrogens is 2. The first-order valence-corrected chi connectivity index (χ1v) is 7.78. The van der Waals surface area contributed by atoms with Crippen molar-refractivity contribution in [3.8, 4) is 0 Å². The van der Waals surface area contributed by atoms with Crippen LogP contribution in [0.1, 0.15) is 42.1 Å². The molecular weight excluding hydrogens is 288 g/mol. The Hall–Kier alpha value is -1.89. The minimum absolute atomic E-state index is 0.0144. The maximum Gasteiger partial charge on any atom is 0.334 e. The van der Waals surface area contributed by atoms with Gasteiger partial charge >= 0.3 is 5.69 Å². The SMILES string of the molecule is CCc1ccc(CNc2c([N+](=O)[O-])c(C(C)C)nn2C)s1. The molecule has 0 unspecified atom stereocenters. The molecule has 0 aliphatic rings. The van der Waals surface area contributed by atoms with E-state index in [9.17, 15) is 10.1 Å². The van der Waals surface area contributed by atoms with Crippen LogP contribution in [0.5, 0.6) is 0 Å². The first-order valence-electron chi connectivity index (χ1n) is 6.96. The number of anilines is 1. The van der Waals surface area contributed by atoms with Crippen LogP contribution in [-0.4, -0.2) is 14.7 Å². The molecule has 0 bridgehead atoms. The highest BCUT2D eigenvalue weighted by atomic mass is 32.1. The summed E-state index contributed by atoms with van der Waals surface area (Å²) >= 11 is 1.72. The van der Waals surface area contributed by atoms with Crippen LogP contribution in [0.15, 0.2) is 12.1 Å². The van der Waals surface area contributed by atoms with Crippen molar-refractivity contribution in [1.82, 2.24) is 9.78 Å². The van der Waals surface area contributed by atoms with Crippen LogP contribution in [0.3, 0.4) is 0 Å². The highest BCUT2D eigenvalue weighted by molar-refractivity contribution is 7.12. The van der Waals surface area contributed by atoms with Crippen molar-refractivity contribution in [2.45, 2.75) is 39.7 Å². The van der Waals surface area contributed by atoms with Crippen molar-refractivity contribution in [3.05, 3.63) is 37.7 Å². The molecule has 21 heavy (non-hydrogen) atoms. The van der Waals surface area contributed by atoms with Gasteiger partial charge in [-0.1, -0.05) is 20.8 Å². The number of hydrogen-bond donors (Lipinski definition) is 1. The predicted octanol–water partition coefficient (Wildman–Crippen LogP) is 3.69. The van der Waals surface area contributed by atoms with Crippen molar-refractivity contribution < 1.29 is 4.92 Å². The number of nitrogens with zero attached hydrogens (tertiary/aromatic N) is 3. The Morgan fingerprint density at radius 3 is 2.62 bits per heavy atom. The van der Waals surface area contributed by atoms with Crippen LogP contribution in [0.25, 0.3) is 0 Å². The van der Waals surface area contributed by atoms with Gasteiger partial charge in [-0.15, -0.1) is 11.3 Å². The lowest BCUT2D eigenvalue weighted by Crippen LogP contribution is -2.05. The average Bonchev–Trinajstić information content (AvgIpc) is 3.00. The van der Waals surface area contributed by atoms with Crippen LogP contribution in [0.4, 0.5) is 11.5 Å². The van der Waals surface area contributed by atoms with Gasteiger partial charge in [0.2, 0.25) is 5.82 Å². The summed E-state index contributed by atoms with van der Waals surface area (Å²) in [5, 5.41) is 18.8. The number of aryl methyl sites for hydroxylation is 2. The van der Waals surface area contributed by atoms with Crippen LogP contribution in [0.2, 0.25) is 0 Å². The number of nitrogens with one attached hydrogen (secondary N) is 1. The average molecular weight is 308 g/mol. The second kappa shape index (κ2) is 6.26. The number of thiophene rings is 1. The molecule has 7 heteroatoms. The Balaban J connectivity index is 2.24. The van der Waals surface area contributed by atoms with Gasteiger partial charge in [-0.3, -0.25) is 10.1 Å². The highest BCUT2D eigenvalue weighted by Crippen LogP contribution is 2.33. The summed E-state index contributed by atoms with van der Waals surface area (Å²) in [5.74, 6) is 0.482. The molecule has 1 N–H and O–H groups in total. The van der Waals surface area contributed by atoms with E-state index in [0.29, 0.717) is 18.1 Å². The van der Waals surface area contributed by atoms with Crippen LogP contribution < -0.4 is 5.32 Å². The van der Waals surface area contributed by atoms with Crippen molar-refractivity contribution in [3.63, 3.8) is 0 Å². The standard InChI is InChI=1S/C14H20N4O2S/c1-5-10-6-7-11(21-10)8-15-14-13(18(19)20)12(9(2)3)16-17(14)4/h6-7,9,15H,5,8H2,1-4H3. The Morgan fingerprint density at radius 1 is 1.43 bits per heavy atom. The summed E-state index contributed by atoms with van der Waals surface area (Å²) in [6, 6.07) is 4.15. The Labute approximate surface area is 127 Å². The van der Waals surface area contributed by atoms with Crippen molar-refractivity contribution in [1.29, 1.82) is 0 Å². The summed E-state index contributed by atoms with van der Waals surface area (Å²) < 4.78 is 1.56. The van der Waals surface area contributed by atoms with Gasteiger partial charge < -0.3 is 5.32 Å². The largest absolute Gasteiger partial charge is 0.360 e. The molecular formula is C14H20N4O2S. The molecule has 0 spiro atoms. The quantitative estimate of drug-likeness (QED) is 0.652. The molecule has 0 aromatic carbocycles. The van der Waals surface area contributed by atoms with E-state index in [-0.39, 0.29) is 16.5 Å². The van der Waals surface area contributed by atoms with E-state index in [2.05, 4.69) is 29.5 Å². The normalized spacial score (nSPS) is 11.1. The molecule has 2 heterocycles. The molecule has 0 saturated heterocycles. The van der Waals surface area contributed by atoms with Crippen molar-refractivity contribution in [2.24, 2.45) is 7.05 Å². The minimum atomic E-state index is -0.351. The summed E-state index contributed by atoms with van der Waals surface area (Å²) in [6.45, 7) is 6.50. The summed E-state index contributed by atoms with van der Waals surface area (Å²) in [5.41, 5.74) is 0.602. The predicted molar refractivity (Wildman–Crippen MR) is 85.0 cm³/mol. The van der Waals surface area contributed by atoms with E-state index in [0.717, 1.165) is 11.3 Å². The zero-order valence-electron chi connectivity index (χ0n) is 12.7. The van der Waals surface area contributed by atoms with Gasteiger partial charge in [-0.2, -0.15) is 5.10 Å². The molecule has 6 nitrogen and oxygen atoms in total. The smallest absolute Gasteiger partial charge is 0.334 e. The van der Waals surface area contributed by atoms with E-state index in [4.69, 9.17) is 0 Å². The zero-order chi connectivity index (χ0) is 15.6. The molecule has 2 aromatic rings. The lowest BCUT2D eigenvalue weighted by Gasteiger charge is -2.04. The maximum absolute atomic E-state index is 11.3. The van der Waals surface area contributed by atoms with E-state index >= 15 is 0 Å². The van der Waals surface area contributed by atoms with Gasteiger partial charge in [-0.05, 0) is 18.6 Å². The van der Waals surface area contributed by atoms with Crippen molar-refractivity contribution in [2.75, 3.05) is 5.32 Å². The van der Waals surface area contributed by atoms with Crippen LogP contribution >= 0.6 is 11.3 Å². The fraction of sp³-hybridized carbons (Fsp3) is 0.500. The van der Waals surface area contributed by atoms with Gasteiger partial charge in [0.25, 0.3) is 0 Å². The third-order valence-electron chi connectivity index (χ3n) is 3.27.